The highest BCUT2D eigenvalue weighted by Gasteiger charge is 2.34. The Morgan fingerprint density at radius 1 is 1.06 bits per heavy atom. The van der Waals surface area contributed by atoms with Crippen LogP contribution in [0.25, 0.3) is 0 Å². The van der Waals surface area contributed by atoms with E-state index in [2.05, 4.69) is 47.6 Å². The summed E-state index contributed by atoms with van der Waals surface area (Å²) < 4.78 is 0. The molecule has 0 aliphatic heterocycles. The van der Waals surface area contributed by atoms with E-state index in [1.54, 1.807) is 6.92 Å². The zero-order chi connectivity index (χ0) is 12.7. The molecule has 0 saturated carbocycles. The Hall–Kier alpha value is -0.850. The number of carbonyl (C=O) groups excluding carboxylic acids is 1. The highest BCUT2D eigenvalue weighted by atomic mass is 16.1. The number of allylic oxidation sites excluding steroid dienone is 4. The van der Waals surface area contributed by atoms with E-state index < -0.39 is 0 Å². The zero-order valence-corrected chi connectivity index (χ0v) is 11.7. The van der Waals surface area contributed by atoms with E-state index in [0.29, 0.717) is 0 Å². The van der Waals surface area contributed by atoms with Gasteiger partial charge in [0, 0.05) is 5.57 Å². The van der Waals surface area contributed by atoms with Crippen LogP contribution in [-0.2, 0) is 4.79 Å². The molecule has 0 heterocycles. The van der Waals surface area contributed by atoms with E-state index >= 15 is 0 Å². The first-order valence-corrected chi connectivity index (χ1v) is 6.00. The maximum absolute atomic E-state index is 11.7. The van der Waals surface area contributed by atoms with Crippen LogP contribution < -0.4 is 0 Å². The summed E-state index contributed by atoms with van der Waals surface area (Å²) in [5, 5.41) is 0. The van der Waals surface area contributed by atoms with Gasteiger partial charge in [-0.05, 0) is 35.3 Å². The quantitative estimate of drug-likeness (QED) is 0.644. The van der Waals surface area contributed by atoms with Gasteiger partial charge in [0.1, 0.15) is 0 Å². The highest BCUT2D eigenvalue weighted by Crippen LogP contribution is 2.46. The van der Waals surface area contributed by atoms with Gasteiger partial charge in [0.25, 0.3) is 0 Å². The summed E-state index contributed by atoms with van der Waals surface area (Å²) in [6, 6.07) is 0. The number of ketones is 1. The van der Waals surface area contributed by atoms with E-state index in [9.17, 15) is 4.79 Å². The third-order valence-electron chi connectivity index (χ3n) is 3.06. The molecular formula is C15H24O. The minimum absolute atomic E-state index is 0.0522. The molecule has 1 nitrogen and oxygen atoms in total. The van der Waals surface area contributed by atoms with Crippen LogP contribution in [0.15, 0.2) is 22.8 Å². The van der Waals surface area contributed by atoms with Crippen molar-refractivity contribution in [2.75, 3.05) is 0 Å². The molecule has 0 amide bonds. The number of Topliss-reactive ketones (excluding diaryl/α,β-unsaturated/α-hetero) is 1. The minimum Gasteiger partial charge on any atom is -0.295 e. The Morgan fingerprint density at radius 3 is 1.88 bits per heavy atom. The average molecular weight is 220 g/mol. The first kappa shape index (κ1) is 13.2. The van der Waals surface area contributed by atoms with E-state index in [1.165, 1.54) is 11.1 Å². The van der Waals surface area contributed by atoms with Crippen molar-refractivity contribution in [2.45, 2.75) is 54.9 Å². The van der Waals surface area contributed by atoms with Crippen LogP contribution >= 0.6 is 0 Å². The van der Waals surface area contributed by atoms with Crippen LogP contribution in [0.1, 0.15) is 54.9 Å². The molecule has 0 aromatic rings. The van der Waals surface area contributed by atoms with Gasteiger partial charge in [-0.2, -0.15) is 0 Å². The van der Waals surface area contributed by atoms with Crippen LogP contribution in [0.3, 0.4) is 0 Å². The second-order valence-corrected chi connectivity index (χ2v) is 6.73. The van der Waals surface area contributed by atoms with Crippen LogP contribution in [0.2, 0.25) is 0 Å². The predicted molar refractivity (Wildman–Crippen MR) is 69.3 cm³/mol. The van der Waals surface area contributed by atoms with Crippen molar-refractivity contribution in [2.24, 2.45) is 10.8 Å². The molecule has 90 valence electrons. The Morgan fingerprint density at radius 2 is 1.56 bits per heavy atom. The molecule has 16 heavy (non-hydrogen) atoms. The summed E-state index contributed by atoms with van der Waals surface area (Å²) in [5.74, 6) is 0.223. The lowest BCUT2D eigenvalue weighted by Crippen LogP contribution is -2.20. The SMILES string of the molecule is CC(=O)C1=C(C(C)(C)C)C(C(C)(C)C)=CC1. The van der Waals surface area contributed by atoms with Gasteiger partial charge in [-0.3, -0.25) is 4.79 Å². The molecule has 0 N–H and O–H groups in total. The molecule has 0 aromatic heterocycles. The molecule has 0 unspecified atom stereocenters. The first-order chi connectivity index (χ1) is 7.05. The second-order valence-electron chi connectivity index (χ2n) is 6.73. The summed E-state index contributed by atoms with van der Waals surface area (Å²) >= 11 is 0. The van der Waals surface area contributed by atoms with Gasteiger partial charge in [-0.15, -0.1) is 0 Å². The highest BCUT2D eigenvalue weighted by molar-refractivity contribution is 5.96. The molecule has 0 spiro atoms. The average Bonchev–Trinajstić information content (AvgIpc) is 2.43. The van der Waals surface area contributed by atoms with Crippen LogP contribution in [0.5, 0.6) is 0 Å². The van der Waals surface area contributed by atoms with Crippen molar-refractivity contribution in [3.8, 4) is 0 Å². The van der Waals surface area contributed by atoms with Crippen molar-refractivity contribution >= 4 is 5.78 Å². The molecule has 0 radical (unpaired) electrons. The smallest absolute Gasteiger partial charge is 0.156 e. The molecule has 1 aliphatic carbocycles. The fourth-order valence-electron chi connectivity index (χ4n) is 2.43. The van der Waals surface area contributed by atoms with E-state index in [1.807, 2.05) is 0 Å². The number of hydrogen-bond donors (Lipinski definition) is 0. The maximum Gasteiger partial charge on any atom is 0.156 e. The van der Waals surface area contributed by atoms with Gasteiger partial charge in [0.05, 0.1) is 0 Å². The Balaban J connectivity index is 3.33. The van der Waals surface area contributed by atoms with Gasteiger partial charge in [-0.25, -0.2) is 0 Å². The Kier molecular flexibility index (Phi) is 3.20. The molecule has 0 fully saturated rings. The van der Waals surface area contributed by atoms with E-state index in [-0.39, 0.29) is 16.6 Å². The van der Waals surface area contributed by atoms with Crippen LogP contribution in [0.4, 0.5) is 0 Å². The number of rotatable bonds is 1. The molecule has 0 aromatic carbocycles. The Bertz CT molecular complexity index is 367. The predicted octanol–water partition coefficient (Wildman–Crippen LogP) is 4.29. The fraction of sp³-hybridized carbons (Fsp3) is 0.667. The van der Waals surface area contributed by atoms with E-state index in [4.69, 9.17) is 0 Å². The summed E-state index contributed by atoms with van der Waals surface area (Å²) in [4.78, 5) is 11.7. The van der Waals surface area contributed by atoms with Gasteiger partial charge < -0.3 is 0 Å². The zero-order valence-electron chi connectivity index (χ0n) is 11.7. The van der Waals surface area contributed by atoms with Crippen molar-refractivity contribution in [3.05, 3.63) is 22.8 Å². The molecule has 0 saturated heterocycles. The van der Waals surface area contributed by atoms with Crippen molar-refractivity contribution in [1.29, 1.82) is 0 Å². The standard InChI is InChI=1S/C15H24O/c1-10(16)11-8-9-12(14(2,3)4)13(11)15(5,6)7/h9H,8H2,1-7H3. The lowest BCUT2D eigenvalue weighted by atomic mass is 9.73. The fourth-order valence-corrected chi connectivity index (χ4v) is 2.43. The van der Waals surface area contributed by atoms with Gasteiger partial charge in [0.15, 0.2) is 5.78 Å². The molecular weight excluding hydrogens is 196 g/mol. The normalized spacial score (nSPS) is 17.8. The number of carbonyl (C=O) groups is 1. The van der Waals surface area contributed by atoms with Crippen LogP contribution in [0, 0.1) is 10.8 Å². The van der Waals surface area contributed by atoms with Crippen molar-refractivity contribution < 1.29 is 4.79 Å². The largest absolute Gasteiger partial charge is 0.295 e. The molecule has 0 bridgehead atoms. The summed E-state index contributed by atoms with van der Waals surface area (Å²) in [6.45, 7) is 14.9. The molecule has 1 aliphatic rings. The van der Waals surface area contributed by atoms with Crippen molar-refractivity contribution in [3.63, 3.8) is 0 Å². The monoisotopic (exact) mass is 220 g/mol. The van der Waals surface area contributed by atoms with Crippen molar-refractivity contribution in [1.82, 2.24) is 0 Å². The summed E-state index contributed by atoms with van der Waals surface area (Å²) in [5.41, 5.74) is 3.81. The van der Waals surface area contributed by atoms with Crippen LogP contribution in [-0.4, -0.2) is 5.78 Å². The molecule has 1 heteroatoms. The lowest BCUT2D eigenvalue weighted by molar-refractivity contribution is -0.113. The second kappa shape index (κ2) is 3.87. The lowest BCUT2D eigenvalue weighted by Gasteiger charge is -2.32. The Labute approximate surface area is 99.6 Å². The minimum atomic E-state index is 0.0522. The van der Waals surface area contributed by atoms with Gasteiger partial charge in [0.2, 0.25) is 0 Å². The van der Waals surface area contributed by atoms with E-state index in [0.717, 1.165) is 12.0 Å². The molecule has 0 atom stereocenters. The summed E-state index contributed by atoms with van der Waals surface area (Å²) in [6.07, 6.45) is 3.05. The third-order valence-corrected chi connectivity index (χ3v) is 3.06. The first-order valence-electron chi connectivity index (χ1n) is 6.00. The summed E-state index contributed by atoms with van der Waals surface area (Å²) in [7, 11) is 0. The van der Waals surface area contributed by atoms with Gasteiger partial charge in [-0.1, -0.05) is 47.6 Å². The topological polar surface area (TPSA) is 17.1 Å². The third kappa shape index (κ3) is 2.45. The number of hydrogen-bond acceptors (Lipinski definition) is 1. The molecule has 1 rings (SSSR count). The maximum atomic E-state index is 11.7. The van der Waals surface area contributed by atoms with Gasteiger partial charge >= 0.3 is 0 Å².